The molecule has 2 aromatic carbocycles. The topological polar surface area (TPSA) is 42.0 Å². The van der Waals surface area contributed by atoms with Gasteiger partial charge in [0.2, 0.25) is 0 Å². The summed E-state index contributed by atoms with van der Waals surface area (Å²) in [5.74, 6) is -0.226. The Morgan fingerprint density at radius 2 is 1.79 bits per heavy atom. The molecule has 3 aromatic rings. The van der Waals surface area contributed by atoms with Crippen LogP contribution >= 0.6 is 43.2 Å². The lowest BCUT2D eigenvalue weighted by atomic mass is 10.2. The Bertz CT molecular complexity index is 874. The van der Waals surface area contributed by atoms with E-state index in [0.29, 0.717) is 9.61 Å². The van der Waals surface area contributed by atoms with Crippen molar-refractivity contribution in [2.45, 2.75) is 0 Å². The summed E-state index contributed by atoms with van der Waals surface area (Å²) in [7, 11) is 0. The van der Waals surface area contributed by atoms with Crippen molar-refractivity contribution in [1.29, 1.82) is 0 Å². The Hall–Kier alpha value is -1.76. The first-order valence-corrected chi connectivity index (χ1v) is 9.53. The number of nitrogens with zero attached hydrogens (tertiary/aromatic N) is 1. The molecule has 0 aliphatic heterocycles. The average Bonchev–Trinajstić information content (AvgIpc) is 3.05. The second-order valence-corrected chi connectivity index (χ2v) is 7.53. The minimum atomic E-state index is -0.226. The molecule has 0 atom stereocenters. The smallest absolute Gasteiger partial charge is 0.264 e. The van der Waals surface area contributed by atoms with Gasteiger partial charge in [0.1, 0.15) is 0 Å². The van der Waals surface area contributed by atoms with Crippen LogP contribution in [-0.4, -0.2) is 10.9 Å². The number of hydrogen-bond acceptors (Lipinski definition) is 3. The van der Waals surface area contributed by atoms with Gasteiger partial charge in [0.15, 0.2) is 5.13 Å². The highest BCUT2D eigenvalue weighted by Crippen LogP contribution is 2.26. The van der Waals surface area contributed by atoms with Gasteiger partial charge in [-0.05, 0) is 39.7 Å². The van der Waals surface area contributed by atoms with Gasteiger partial charge in [0, 0.05) is 15.4 Å². The number of amides is 1. The molecule has 24 heavy (non-hydrogen) atoms. The molecule has 0 spiro atoms. The molecule has 0 radical (unpaired) electrons. The third-order valence-corrected chi connectivity index (χ3v) is 5.05. The maximum absolute atomic E-state index is 12.2. The fourth-order valence-electron chi connectivity index (χ4n) is 2.00. The predicted molar refractivity (Wildman–Crippen MR) is 107 cm³/mol. The van der Waals surface area contributed by atoms with Crippen molar-refractivity contribution in [1.82, 2.24) is 4.98 Å². The Kier molecular flexibility index (Phi) is 5.60. The lowest BCUT2D eigenvalue weighted by Gasteiger charge is -2.01. The summed E-state index contributed by atoms with van der Waals surface area (Å²) in [6.45, 7) is 0. The third-order valence-electron chi connectivity index (χ3n) is 3.17. The first-order chi connectivity index (χ1) is 11.6. The van der Waals surface area contributed by atoms with E-state index in [2.05, 4.69) is 42.2 Å². The lowest BCUT2D eigenvalue weighted by Crippen LogP contribution is -2.10. The Labute approximate surface area is 160 Å². The monoisotopic (exact) mass is 462 g/mol. The van der Waals surface area contributed by atoms with Crippen LogP contribution in [0.1, 0.15) is 5.56 Å². The highest BCUT2D eigenvalue weighted by Gasteiger charge is 2.10. The van der Waals surface area contributed by atoms with Crippen LogP contribution < -0.4 is 5.32 Å². The van der Waals surface area contributed by atoms with Gasteiger partial charge in [-0.2, -0.15) is 0 Å². The molecule has 6 heteroatoms. The van der Waals surface area contributed by atoms with Crippen molar-refractivity contribution in [2.24, 2.45) is 0 Å². The maximum Gasteiger partial charge on any atom is 0.264 e. The number of thiazole rings is 1. The minimum absolute atomic E-state index is 0.226. The van der Waals surface area contributed by atoms with Gasteiger partial charge in [-0.15, -0.1) is 11.3 Å². The molecule has 1 heterocycles. The van der Waals surface area contributed by atoms with E-state index in [1.54, 1.807) is 6.08 Å². The normalized spacial score (nSPS) is 11.3. The van der Waals surface area contributed by atoms with E-state index in [1.165, 1.54) is 11.3 Å². The predicted octanol–water partition coefficient (Wildman–Crippen LogP) is 5.95. The third kappa shape index (κ3) is 4.41. The van der Waals surface area contributed by atoms with E-state index in [-0.39, 0.29) is 5.91 Å². The number of nitrogens with one attached hydrogen (secondary N) is 1. The van der Waals surface area contributed by atoms with Crippen LogP contribution in [0.3, 0.4) is 0 Å². The average molecular weight is 464 g/mol. The minimum Gasteiger partial charge on any atom is -0.297 e. The zero-order valence-corrected chi connectivity index (χ0v) is 16.4. The van der Waals surface area contributed by atoms with Crippen LogP contribution in [0, 0.1) is 0 Å². The van der Waals surface area contributed by atoms with Gasteiger partial charge in [-0.3, -0.25) is 10.1 Å². The number of rotatable bonds is 4. The van der Waals surface area contributed by atoms with Crippen LogP contribution in [0.5, 0.6) is 0 Å². The summed E-state index contributed by atoms with van der Waals surface area (Å²) in [4.78, 5) is 16.7. The van der Waals surface area contributed by atoms with Crippen LogP contribution in [0.4, 0.5) is 5.13 Å². The largest absolute Gasteiger partial charge is 0.297 e. The standard InChI is InChI=1S/C18H12Br2N2OS/c19-14-8-6-13(7-9-14)16-11-24-18(21-16)22-17(23)15(20)10-12-4-2-1-3-5-12/h1-11H,(H,21,22,23). The van der Waals surface area contributed by atoms with Crippen LogP contribution in [0.25, 0.3) is 17.3 Å². The lowest BCUT2D eigenvalue weighted by molar-refractivity contribution is -0.112. The van der Waals surface area contributed by atoms with Gasteiger partial charge in [0.25, 0.3) is 5.91 Å². The molecule has 0 unspecified atom stereocenters. The Morgan fingerprint density at radius 1 is 1.08 bits per heavy atom. The van der Waals surface area contributed by atoms with Gasteiger partial charge >= 0.3 is 0 Å². The van der Waals surface area contributed by atoms with Crippen molar-refractivity contribution in [3.05, 3.63) is 74.5 Å². The molecule has 0 aliphatic carbocycles. The van der Waals surface area contributed by atoms with Gasteiger partial charge in [-0.25, -0.2) is 4.98 Å². The Balaban J connectivity index is 1.71. The first-order valence-electron chi connectivity index (χ1n) is 7.07. The van der Waals surface area contributed by atoms with E-state index < -0.39 is 0 Å². The second-order valence-electron chi connectivity index (χ2n) is 4.90. The maximum atomic E-state index is 12.2. The molecule has 0 saturated carbocycles. The highest BCUT2D eigenvalue weighted by molar-refractivity contribution is 9.12. The van der Waals surface area contributed by atoms with E-state index in [4.69, 9.17) is 0 Å². The van der Waals surface area contributed by atoms with Crippen LogP contribution in [0.2, 0.25) is 0 Å². The van der Waals surface area contributed by atoms with Gasteiger partial charge in [-0.1, -0.05) is 58.4 Å². The van der Waals surface area contributed by atoms with Crippen LogP contribution in [0.15, 0.2) is 68.9 Å². The molecule has 3 rings (SSSR count). The van der Waals surface area contributed by atoms with Crippen molar-refractivity contribution in [3.63, 3.8) is 0 Å². The molecular formula is C18H12Br2N2OS. The molecule has 1 amide bonds. The molecule has 120 valence electrons. The fraction of sp³-hybridized carbons (Fsp3) is 0. The fourth-order valence-corrected chi connectivity index (χ4v) is 3.34. The van der Waals surface area contributed by atoms with Crippen molar-refractivity contribution in [3.8, 4) is 11.3 Å². The molecule has 0 aliphatic rings. The molecule has 1 aromatic heterocycles. The summed E-state index contributed by atoms with van der Waals surface area (Å²) in [5, 5.41) is 5.30. The highest BCUT2D eigenvalue weighted by atomic mass is 79.9. The van der Waals surface area contributed by atoms with Gasteiger partial charge < -0.3 is 0 Å². The van der Waals surface area contributed by atoms with Crippen LogP contribution in [-0.2, 0) is 4.79 Å². The summed E-state index contributed by atoms with van der Waals surface area (Å²) in [5.41, 5.74) is 2.80. The molecule has 3 nitrogen and oxygen atoms in total. The number of benzene rings is 2. The van der Waals surface area contributed by atoms with E-state index in [1.807, 2.05) is 60.0 Å². The van der Waals surface area contributed by atoms with Gasteiger partial charge in [0.05, 0.1) is 10.2 Å². The van der Waals surface area contributed by atoms with E-state index in [0.717, 1.165) is 21.3 Å². The molecular weight excluding hydrogens is 452 g/mol. The van der Waals surface area contributed by atoms with Crippen molar-refractivity contribution in [2.75, 3.05) is 5.32 Å². The molecule has 0 fully saturated rings. The molecule has 0 bridgehead atoms. The molecule has 1 N–H and O–H groups in total. The number of halogens is 2. The molecule has 0 saturated heterocycles. The first kappa shape index (κ1) is 17.1. The summed E-state index contributed by atoms with van der Waals surface area (Å²) in [6, 6.07) is 17.5. The second kappa shape index (κ2) is 7.88. The SMILES string of the molecule is O=C(Nc1nc(-c2ccc(Br)cc2)cs1)C(Br)=Cc1ccccc1. The zero-order chi connectivity index (χ0) is 16.9. The number of aromatic nitrogens is 1. The number of carbonyl (C=O) groups excluding carboxylic acids is 1. The van der Waals surface area contributed by atoms with E-state index in [9.17, 15) is 4.79 Å². The summed E-state index contributed by atoms with van der Waals surface area (Å²) >= 11 is 8.13. The van der Waals surface area contributed by atoms with E-state index >= 15 is 0 Å². The number of carbonyl (C=O) groups is 1. The van der Waals surface area contributed by atoms with Crippen molar-refractivity contribution < 1.29 is 4.79 Å². The Morgan fingerprint density at radius 3 is 2.50 bits per heavy atom. The van der Waals surface area contributed by atoms with Crippen molar-refractivity contribution >= 4 is 60.3 Å². The zero-order valence-electron chi connectivity index (χ0n) is 12.4. The number of hydrogen-bond donors (Lipinski definition) is 1. The summed E-state index contributed by atoms with van der Waals surface area (Å²) in [6.07, 6.45) is 1.78. The summed E-state index contributed by atoms with van der Waals surface area (Å²) < 4.78 is 1.47. The number of anilines is 1. The quantitative estimate of drug-likeness (QED) is 0.486.